The maximum atomic E-state index is 5.66. The van der Waals surface area contributed by atoms with Crippen LogP contribution in [-0.4, -0.2) is 50.3 Å². The van der Waals surface area contributed by atoms with Gasteiger partial charge in [0.1, 0.15) is 11.5 Å². The third kappa shape index (κ3) is 3.52. The predicted octanol–water partition coefficient (Wildman–Crippen LogP) is 2.40. The lowest BCUT2D eigenvalue weighted by Gasteiger charge is -2.35. The van der Waals surface area contributed by atoms with E-state index in [1.165, 1.54) is 0 Å². The Hall–Kier alpha value is -2.11. The number of hydrogen-bond donors (Lipinski definition) is 1. The summed E-state index contributed by atoms with van der Waals surface area (Å²) in [6.45, 7) is 5.97. The topological polar surface area (TPSA) is 46.6 Å². The second-order valence-electron chi connectivity index (χ2n) is 6.00. The van der Waals surface area contributed by atoms with Gasteiger partial charge < -0.3 is 14.8 Å². The Morgan fingerprint density at radius 2 is 1.88 bits per heavy atom. The van der Waals surface area contributed by atoms with Gasteiger partial charge in [-0.25, -0.2) is 0 Å². The van der Waals surface area contributed by atoms with Crippen molar-refractivity contribution in [1.82, 2.24) is 15.2 Å². The highest BCUT2D eigenvalue weighted by atomic mass is 16.5. The number of rotatable bonds is 5. The molecule has 1 atom stereocenters. The molecule has 0 saturated carbocycles. The number of methoxy groups -OCH3 is 2. The van der Waals surface area contributed by atoms with Crippen molar-refractivity contribution < 1.29 is 9.47 Å². The van der Waals surface area contributed by atoms with E-state index >= 15 is 0 Å². The highest BCUT2D eigenvalue weighted by Crippen LogP contribution is 2.36. The molecular weight excluding hydrogens is 302 g/mol. The molecule has 0 bridgehead atoms. The normalized spacial score (nSPS) is 16.6. The van der Waals surface area contributed by atoms with Crippen molar-refractivity contribution in [3.63, 3.8) is 0 Å². The molecule has 2 heterocycles. The number of nitrogens with one attached hydrogen (secondary N) is 1. The number of nitrogens with zero attached hydrogens (tertiary/aromatic N) is 2. The zero-order chi connectivity index (χ0) is 16.9. The van der Waals surface area contributed by atoms with E-state index in [2.05, 4.69) is 28.4 Å². The van der Waals surface area contributed by atoms with Gasteiger partial charge in [-0.3, -0.25) is 9.88 Å². The van der Waals surface area contributed by atoms with Gasteiger partial charge in [0.05, 0.1) is 26.0 Å². The molecule has 0 radical (unpaired) electrons. The molecule has 1 N–H and O–H groups in total. The van der Waals surface area contributed by atoms with Gasteiger partial charge >= 0.3 is 0 Å². The lowest BCUT2D eigenvalue weighted by Crippen LogP contribution is -2.45. The van der Waals surface area contributed by atoms with Crippen molar-refractivity contribution in [2.75, 3.05) is 40.4 Å². The first-order chi connectivity index (χ1) is 11.7. The fraction of sp³-hybridized carbons (Fsp3) is 0.421. The Bertz CT molecular complexity index is 684. The van der Waals surface area contributed by atoms with Gasteiger partial charge in [-0.1, -0.05) is 6.07 Å². The van der Waals surface area contributed by atoms with Crippen molar-refractivity contribution >= 4 is 0 Å². The second-order valence-corrected chi connectivity index (χ2v) is 6.00. The highest BCUT2D eigenvalue weighted by Gasteiger charge is 2.27. The molecule has 1 aliphatic rings. The summed E-state index contributed by atoms with van der Waals surface area (Å²) in [5, 5.41) is 3.42. The highest BCUT2D eigenvalue weighted by molar-refractivity contribution is 5.45. The van der Waals surface area contributed by atoms with Gasteiger partial charge in [-0.05, 0) is 31.2 Å². The van der Waals surface area contributed by atoms with Crippen LogP contribution in [0, 0.1) is 6.92 Å². The zero-order valence-corrected chi connectivity index (χ0v) is 14.6. The van der Waals surface area contributed by atoms with E-state index in [1.807, 2.05) is 25.1 Å². The average molecular weight is 327 g/mol. The molecular formula is C19H25N3O2. The van der Waals surface area contributed by atoms with Crippen LogP contribution in [-0.2, 0) is 0 Å². The first kappa shape index (κ1) is 16.7. The zero-order valence-electron chi connectivity index (χ0n) is 14.6. The molecule has 5 heteroatoms. The molecule has 128 valence electrons. The molecule has 0 spiro atoms. The summed E-state index contributed by atoms with van der Waals surface area (Å²) in [6, 6.07) is 12.3. The van der Waals surface area contributed by atoms with Crippen LogP contribution in [0.5, 0.6) is 11.5 Å². The molecule has 24 heavy (non-hydrogen) atoms. The number of aromatic nitrogens is 1. The van der Waals surface area contributed by atoms with Crippen molar-refractivity contribution in [3.8, 4) is 11.5 Å². The van der Waals surface area contributed by atoms with E-state index in [4.69, 9.17) is 14.5 Å². The van der Waals surface area contributed by atoms with E-state index in [-0.39, 0.29) is 6.04 Å². The summed E-state index contributed by atoms with van der Waals surface area (Å²) in [7, 11) is 3.38. The third-order valence-corrected chi connectivity index (χ3v) is 4.44. The minimum absolute atomic E-state index is 0.0767. The summed E-state index contributed by atoms with van der Waals surface area (Å²) in [5.74, 6) is 1.63. The molecule has 5 nitrogen and oxygen atoms in total. The predicted molar refractivity (Wildman–Crippen MR) is 94.8 cm³/mol. The second kappa shape index (κ2) is 7.64. The van der Waals surface area contributed by atoms with Crippen LogP contribution in [0.1, 0.15) is 23.0 Å². The van der Waals surface area contributed by atoms with Crippen molar-refractivity contribution in [2.45, 2.75) is 13.0 Å². The lowest BCUT2D eigenvalue weighted by atomic mass is 9.99. The standard InChI is InChI=1S/C19H25N3O2/c1-14-5-4-6-17(21-14)19(22-11-9-20-10-12-22)16-8-7-15(23-2)13-18(16)24-3/h4-8,13,19-20H,9-12H2,1-3H3. The summed E-state index contributed by atoms with van der Waals surface area (Å²) in [4.78, 5) is 7.26. The van der Waals surface area contributed by atoms with E-state index < -0.39 is 0 Å². The molecule has 1 aliphatic heterocycles. The van der Waals surface area contributed by atoms with Crippen LogP contribution in [0.4, 0.5) is 0 Å². The van der Waals surface area contributed by atoms with Gasteiger partial charge in [-0.15, -0.1) is 0 Å². The molecule has 2 aromatic rings. The minimum Gasteiger partial charge on any atom is -0.497 e. The Morgan fingerprint density at radius 3 is 2.54 bits per heavy atom. The Labute approximate surface area is 143 Å². The Kier molecular flexibility index (Phi) is 5.33. The number of benzene rings is 1. The van der Waals surface area contributed by atoms with Crippen LogP contribution < -0.4 is 14.8 Å². The first-order valence-electron chi connectivity index (χ1n) is 8.33. The van der Waals surface area contributed by atoms with Crippen LogP contribution in [0.25, 0.3) is 0 Å². The van der Waals surface area contributed by atoms with Crippen LogP contribution >= 0.6 is 0 Å². The van der Waals surface area contributed by atoms with E-state index in [0.29, 0.717) is 0 Å². The fourth-order valence-corrected chi connectivity index (χ4v) is 3.24. The molecule has 1 aromatic carbocycles. The SMILES string of the molecule is COc1ccc(C(c2cccc(C)n2)N2CCNCC2)c(OC)c1. The minimum atomic E-state index is 0.0767. The van der Waals surface area contributed by atoms with E-state index in [9.17, 15) is 0 Å². The number of piperazine rings is 1. The molecule has 3 rings (SSSR count). The smallest absolute Gasteiger partial charge is 0.127 e. The van der Waals surface area contributed by atoms with Crippen molar-refractivity contribution in [1.29, 1.82) is 0 Å². The first-order valence-corrected chi connectivity index (χ1v) is 8.33. The van der Waals surface area contributed by atoms with Crippen LogP contribution in [0.15, 0.2) is 36.4 Å². The summed E-state index contributed by atoms with van der Waals surface area (Å²) >= 11 is 0. The number of hydrogen-bond acceptors (Lipinski definition) is 5. The monoisotopic (exact) mass is 327 g/mol. The number of aryl methyl sites for hydroxylation is 1. The van der Waals surface area contributed by atoms with Crippen LogP contribution in [0.3, 0.4) is 0 Å². The van der Waals surface area contributed by atoms with Gasteiger partial charge in [-0.2, -0.15) is 0 Å². The maximum absolute atomic E-state index is 5.66. The number of pyridine rings is 1. The summed E-state index contributed by atoms with van der Waals surface area (Å²) < 4.78 is 11.0. The lowest BCUT2D eigenvalue weighted by molar-refractivity contribution is 0.192. The Morgan fingerprint density at radius 1 is 1.08 bits per heavy atom. The summed E-state index contributed by atoms with van der Waals surface area (Å²) in [6.07, 6.45) is 0. The average Bonchev–Trinajstić information content (AvgIpc) is 2.63. The van der Waals surface area contributed by atoms with Gasteiger partial charge in [0.2, 0.25) is 0 Å². The summed E-state index contributed by atoms with van der Waals surface area (Å²) in [5.41, 5.74) is 3.21. The molecule has 1 saturated heterocycles. The fourth-order valence-electron chi connectivity index (χ4n) is 3.24. The molecule has 1 unspecified atom stereocenters. The van der Waals surface area contributed by atoms with Gasteiger partial charge in [0.25, 0.3) is 0 Å². The van der Waals surface area contributed by atoms with E-state index in [1.54, 1.807) is 14.2 Å². The largest absolute Gasteiger partial charge is 0.497 e. The maximum Gasteiger partial charge on any atom is 0.127 e. The van der Waals surface area contributed by atoms with Crippen molar-refractivity contribution in [2.24, 2.45) is 0 Å². The van der Waals surface area contributed by atoms with E-state index in [0.717, 1.165) is 54.6 Å². The van der Waals surface area contributed by atoms with Gasteiger partial charge in [0, 0.05) is 43.5 Å². The molecule has 0 aliphatic carbocycles. The van der Waals surface area contributed by atoms with Crippen LogP contribution in [0.2, 0.25) is 0 Å². The molecule has 1 fully saturated rings. The molecule has 0 amide bonds. The quantitative estimate of drug-likeness (QED) is 0.914. The van der Waals surface area contributed by atoms with Gasteiger partial charge in [0.15, 0.2) is 0 Å². The third-order valence-electron chi connectivity index (χ3n) is 4.44. The number of ether oxygens (including phenoxy) is 2. The molecule has 1 aromatic heterocycles. The Balaban J connectivity index is 2.07. The van der Waals surface area contributed by atoms with Crippen molar-refractivity contribution in [3.05, 3.63) is 53.3 Å².